The lowest BCUT2D eigenvalue weighted by Crippen LogP contribution is -2.32. The predicted octanol–water partition coefficient (Wildman–Crippen LogP) is 0.566. The third kappa shape index (κ3) is 3.32. The number of benzene rings is 1. The van der Waals surface area contributed by atoms with E-state index in [-0.39, 0.29) is 23.6 Å². The summed E-state index contributed by atoms with van der Waals surface area (Å²) in [4.78, 5) is 20.9. The molecule has 0 aliphatic rings. The van der Waals surface area contributed by atoms with E-state index >= 15 is 0 Å². The maximum absolute atomic E-state index is 10.8. The number of carboxylic acid groups (broad SMARTS) is 1. The Labute approximate surface area is 108 Å². The summed E-state index contributed by atoms with van der Waals surface area (Å²) in [5, 5.41) is 19.6. The van der Waals surface area contributed by atoms with Crippen LogP contribution in [0.1, 0.15) is 5.56 Å². The van der Waals surface area contributed by atoms with Crippen molar-refractivity contribution >= 4 is 11.7 Å². The van der Waals surface area contributed by atoms with E-state index in [9.17, 15) is 14.9 Å². The van der Waals surface area contributed by atoms with Gasteiger partial charge < -0.3 is 20.3 Å². The summed E-state index contributed by atoms with van der Waals surface area (Å²) in [5.74, 6) is -0.804. The number of non-ortho nitro benzene ring substituents is 1. The molecule has 0 radical (unpaired) electrons. The largest absolute Gasteiger partial charge is 0.493 e. The molecule has 0 heterocycles. The van der Waals surface area contributed by atoms with Crippen LogP contribution in [0.2, 0.25) is 0 Å². The van der Waals surface area contributed by atoms with Crippen molar-refractivity contribution in [3.8, 4) is 11.5 Å². The second kappa shape index (κ2) is 6.01. The van der Waals surface area contributed by atoms with E-state index in [4.69, 9.17) is 20.3 Å². The van der Waals surface area contributed by atoms with Crippen LogP contribution in [0.25, 0.3) is 0 Å². The molecule has 1 atom stereocenters. The van der Waals surface area contributed by atoms with Gasteiger partial charge in [0.1, 0.15) is 6.04 Å². The first-order valence-electron chi connectivity index (χ1n) is 5.28. The van der Waals surface area contributed by atoms with Gasteiger partial charge in [-0.1, -0.05) is 0 Å². The topological polar surface area (TPSA) is 125 Å². The van der Waals surface area contributed by atoms with Gasteiger partial charge in [0.15, 0.2) is 11.5 Å². The average molecular weight is 270 g/mol. The molecule has 1 aromatic carbocycles. The molecule has 1 aromatic rings. The van der Waals surface area contributed by atoms with E-state index in [0.29, 0.717) is 5.56 Å². The second-order valence-electron chi connectivity index (χ2n) is 3.75. The lowest BCUT2D eigenvalue weighted by atomic mass is 10.0. The maximum Gasteiger partial charge on any atom is 0.320 e. The van der Waals surface area contributed by atoms with Gasteiger partial charge in [-0.3, -0.25) is 14.9 Å². The van der Waals surface area contributed by atoms with Crippen LogP contribution in [0.5, 0.6) is 11.5 Å². The number of ether oxygens (including phenoxy) is 2. The number of carbonyl (C=O) groups is 1. The molecule has 0 aliphatic carbocycles. The SMILES string of the molecule is COc1cc([N+](=O)[O-])cc(CC(N)C(=O)O)c1OC. The zero-order valence-corrected chi connectivity index (χ0v) is 10.5. The van der Waals surface area contributed by atoms with E-state index in [1.54, 1.807) is 0 Å². The predicted molar refractivity (Wildman–Crippen MR) is 65.5 cm³/mol. The van der Waals surface area contributed by atoms with Crippen molar-refractivity contribution in [2.75, 3.05) is 14.2 Å². The molecule has 0 amide bonds. The van der Waals surface area contributed by atoms with Crippen LogP contribution >= 0.6 is 0 Å². The van der Waals surface area contributed by atoms with Gasteiger partial charge in [-0.2, -0.15) is 0 Å². The summed E-state index contributed by atoms with van der Waals surface area (Å²) in [6.45, 7) is 0. The molecule has 0 fully saturated rings. The highest BCUT2D eigenvalue weighted by atomic mass is 16.6. The molecule has 8 nitrogen and oxygen atoms in total. The van der Waals surface area contributed by atoms with Gasteiger partial charge in [0, 0.05) is 18.1 Å². The highest BCUT2D eigenvalue weighted by Gasteiger charge is 2.22. The van der Waals surface area contributed by atoms with E-state index in [1.165, 1.54) is 26.4 Å². The number of rotatable bonds is 6. The molecule has 104 valence electrons. The number of nitro groups is 1. The van der Waals surface area contributed by atoms with E-state index in [2.05, 4.69) is 0 Å². The summed E-state index contributed by atoms with van der Waals surface area (Å²) >= 11 is 0. The van der Waals surface area contributed by atoms with Crippen molar-refractivity contribution in [2.45, 2.75) is 12.5 Å². The first kappa shape index (κ1) is 14.7. The number of aliphatic carboxylic acids is 1. The number of nitrogens with two attached hydrogens (primary N) is 1. The summed E-state index contributed by atoms with van der Waals surface area (Å²) in [6.07, 6.45) is -0.101. The summed E-state index contributed by atoms with van der Waals surface area (Å²) in [5.41, 5.74) is 5.52. The van der Waals surface area contributed by atoms with Crippen molar-refractivity contribution in [1.29, 1.82) is 0 Å². The Kier molecular flexibility index (Phi) is 4.65. The average Bonchev–Trinajstić information content (AvgIpc) is 2.37. The molecule has 0 aromatic heterocycles. The van der Waals surface area contributed by atoms with Crippen LogP contribution in [-0.2, 0) is 11.2 Å². The van der Waals surface area contributed by atoms with Gasteiger partial charge in [0.05, 0.1) is 25.2 Å². The highest BCUT2D eigenvalue weighted by molar-refractivity contribution is 5.74. The zero-order chi connectivity index (χ0) is 14.6. The summed E-state index contributed by atoms with van der Waals surface area (Å²) < 4.78 is 10.1. The molecule has 0 aliphatic heterocycles. The lowest BCUT2D eigenvalue weighted by Gasteiger charge is -2.14. The fraction of sp³-hybridized carbons (Fsp3) is 0.364. The number of nitro benzene ring substituents is 1. The van der Waals surface area contributed by atoms with Gasteiger partial charge in [-0.05, 0) is 0 Å². The Morgan fingerprint density at radius 3 is 2.53 bits per heavy atom. The minimum Gasteiger partial charge on any atom is -0.493 e. The van der Waals surface area contributed by atoms with Crippen molar-refractivity contribution < 1.29 is 24.3 Å². The molecule has 19 heavy (non-hydrogen) atoms. The Hall–Kier alpha value is -2.35. The normalized spacial score (nSPS) is 11.7. The molecular formula is C11H14N2O6. The van der Waals surface area contributed by atoms with Crippen LogP contribution in [0, 0.1) is 10.1 Å². The van der Waals surface area contributed by atoms with Crippen molar-refractivity contribution in [1.82, 2.24) is 0 Å². The van der Waals surface area contributed by atoms with E-state index in [1.807, 2.05) is 0 Å². The molecule has 0 saturated heterocycles. The van der Waals surface area contributed by atoms with Gasteiger partial charge in [-0.25, -0.2) is 0 Å². The second-order valence-corrected chi connectivity index (χ2v) is 3.75. The number of nitrogens with zero attached hydrogens (tertiary/aromatic N) is 1. The number of hydrogen-bond acceptors (Lipinski definition) is 6. The number of methoxy groups -OCH3 is 2. The van der Waals surface area contributed by atoms with E-state index < -0.39 is 16.9 Å². The Balaban J connectivity index is 3.29. The third-order valence-corrected chi connectivity index (χ3v) is 2.51. The van der Waals surface area contributed by atoms with Gasteiger partial charge in [-0.15, -0.1) is 0 Å². The molecule has 0 bridgehead atoms. The lowest BCUT2D eigenvalue weighted by molar-refractivity contribution is -0.385. The molecule has 3 N–H and O–H groups in total. The van der Waals surface area contributed by atoms with Gasteiger partial charge >= 0.3 is 5.97 Å². The molecule has 1 rings (SSSR count). The first-order valence-corrected chi connectivity index (χ1v) is 5.28. The Morgan fingerprint density at radius 1 is 1.47 bits per heavy atom. The molecule has 0 spiro atoms. The standard InChI is InChI=1S/C11H14N2O6/c1-18-9-5-7(13(16)17)3-6(10(9)19-2)4-8(12)11(14)15/h3,5,8H,4,12H2,1-2H3,(H,14,15). The van der Waals surface area contributed by atoms with Crippen LogP contribution in [-0.4, -0.2) is 36.3 Å². The fourth-order valence-electron chi connectivity index (χ4n) is 1.61. The third-order valence-electron chi connectivity index (χ3n) is 2.51. The molecular weight excluding hydrogens is 256 g/mol. The Morgan fingerprint density at radius 2 is 2.11 bits per heavy atom. The van der Waals surface area contributed by atoms with Crippen molar-refractivity contribution in [3.05, 3.63) is 27.8 Å². The molecule has 1 unspecified atom stereocenters. The first-order chi connectivity index (χ1) is 8.90. The molecule has 0 saturated carbocycles. The monoisotopic (exact) mass is 270 g/mol. The van der Waals surface area contributed by atoms with Crippen LogP contribution in [0.15, 0.2) is 12.1 Å². The van der Waals surface area contributed by atoms with Crippen LogP contribution in [0.4, 0.5) is 5.69 Å². The zero-order valence-electron chi connectivity index (χ0n) is 10.5. The van der Waals surface area contributed by atoms with Crippen LogP contribution in [0.3, 0.4) is 0 Å². The smallest absolute Gasteiger partial charge is 0.320 e. The van der Waals surface area contributed by atoms with Crippen molar-refractivity contribution in [2.24, 2.45) is 5.73 Å². The molecule has 8 heteroatoms. The summed E-state index contributed by atoms with van der Waals surface area (Å²) in [6, 6.07) is 1.25. The van der Waals surface area contributed by atoms with Crippen molar-refractivity contribution in [3.63, 3.8) is 0 Å². The minimum absolute atomic E-state index is 0.101. The van der Waals surface area contributed by atoms with Crippen LogP contribution < -0.4 is 15.2 Å². The number of hydrogen-bond donors (Lipinski definition) is 2. The maximum atomic E-state index is 10.8. The van der Waals surface area contributed by atoms with Gasteiger partial charge in [0.2, 0.25) is 0 Å². The van der Waals surface area contributed by atoms with Gasteiger partial charge in [0.25, 0.3) is 5.69 Å². The summed E-state index contributed by atoms with van der Waals surface area (Å²) in [7, 11) is 2.70. The quantitative estimate of drug-likeness (QED) is 0.571. The highest BCUT2D eigenvalue weighted by Crippen LogP contribution is 2.35. The van der Waals surface area contributed by atoms with E-state index in [0.717, 1.165) is 0 Å². The Bertz CT molecular complexity index is 502. The minimum atomic E-state index is -1.20. The fourth-order valence-corrected chi connectivity index (χ4v) is 1.61. The number of carboxylic acids is 1.